The van der Waals surface area contributed by atoms with Crippen molar-refractivity contribution >= 4 is 15.8 Å². The van der Waals surface area contributed by atoms with Gasteiger partial charge in [0.1, 0.15) is 10.6 Å². The molecule has 0 atom stereocenters. The van der Waals surface area contributed by atoms with Crippen LogP contribution in [0.15, 0.2) is 23.1 Å². The van der Waals surface area contributed by atoms with E-state index in [0.717, 1.165) is 6.07 Å². The lowest BCUT2D eigenvalue weighted by Crippen LogP contribution is -2.10. The Bertz CT molecular complexity index is 610. The molecule has 1 rings (SSSR count). The second-order valence-corrected chi connectivity index (χ2v) is 5.87. The van der Waals surface area contributed by atoms with Gasteiger partial charge in [0.25, 0.3) is 0 Å². The fourth-order valence-electron chi connectivity index (χ4n) is 1.53. The van der Waals surface area contributed by atoms with Gasteiger partial charge in [0.15, 0.2) is 9.84 Å². The van der Waals surface area contributed by atoms with Crippen molar-refractivity contribution in [2.45, 2.75) is 17.7 Å². The van der Waals surface area contributed by atoms with Crippen LogP contribution in [-0.4, -0.2) is 32.4 Å². The number of aromatic carboxylic acids is 1. The van der Waals surface area contributed by atoms with Crippen molar-refractivity contribution < 1.29 is 23.1 Å². The molecule has 0 saturated heterocycles. The van der Waals surface area contributed by atoms with Crippen LogP contribution in [0.25, 0.3) is 0 Å². The minimum absolute atomic E-state index is 0.101. The zero-order valence-corrected chi connectivity index (χ0v) is 11.2. The van der Waals surface area contributed by atoms with Crippen LogP contribution in [0.1, 0.15) is 23.2 Å². The molecule has 19 heavy (non-hydrogen) atoms. The number of rotatable bonds is 6. The molecule has 0 spiro atoms. The molecule has 0 unspecified atom stereocenters. The maximum atomic E-state index is 12.1. The van der Waals surface area contributed by atoms with Gasteiger partial charge in [-0.2, -0.15) is 0 Å². The molecule has 0 saturated carbocycles. The number of carbonyl (C=O) groups is 1. The van der Waals surface area contributed by atoms with E-state index in [0.29, 0.717) is 12.8 Å². The van der Waals surface area contributed by atoms with E-state index in [1.54, 1.807) is 0 Å². The summed E-state index contributed by atoms with van der Waals surface area (Å²) in [4.78, 5) is 10.8. The SMILES string of the molecule is C#CCCCS(=O)(=O)c1cc(C(=O)O)ccc1OC. The third-order valence-corrected chi connectivity index (χ3v) is 4.30. The average molecular weight is 282 g/mol. The monoisotopic (exact) mass is 282 g/mol. The molecule has 0 fully saturated rings. The maximum Gasteiger partial charge on any atom is 0.335 e. The second-order valence-electron chi connectivity index (χ2n) is 3.80. The molecule has 102 valence electrons. The highest BCUT2D eigenvalue weighted by Gasteiger charge is 2.21. The van der Waals surface area contributed by atoms with Crippen LogP contribution in [-0.2, 0) is 9.84 Å². The van der Waals surface area contributed by atoms with Crippen LogP contribution in [0.2, 0.25) is 0 Å². The number of hydrogen-bond acceptors (Lipinski definition) is 4. The van der Waals surface area contributed by atoms with Gasteiger partial charge < -0.3 is 9.84 Å². The summed E-state index contributed by atoms with van der Waals surface area (Å²) in [5.41, 5.74) is -0.101. The van der Waals surface area contributed by atoms with Gasteiger partial charge in [-0.1, -0.05) is 0 Å². The number of sulfone groups is 1. The summed E-state index contributed by atoms with van der Waals surface area (Å²) in [6, 6.07) is 3.73. The molecular weight excluding hydrogens is 268 g/mol. The van der Waals surface area contributed by atoms with Crippen molar-refractivity contribution in [3.05, 3.63) is 23.8 Å². The first kappa shape index (κ1) is 15.1. The van der Waals surface area contributed by atoms with Crippen LogP contribution in [0.5, 0.6) is 5.75 Å². The quantitative estimate of drug-likeness (QED) is 0.633. The third-order valence-electron chi connectivity index (χ3n) is 2.48. The third kappa shape index (κ3) is 3.73. The predicted octanol–water partition coefficient (Wildman–Crippen LogP) is 1.58. The number of carboxylic acid groups (broad SMARTS) is 1. The number of carboxylic acids is 1. The molecule has 0 aliphatic heterocycles. The van der Waals surface area contributed by atoms with Gasteiger partial charge in [-0.05, 0) is 24.6 Å². The Morgan fingerprint density at radius 1 is 1.47 bits per heavy atom. The van der Waals surface area contributed by atoms with Crippen molar-refractivity contribution in [1.82, 2.24) is 0 Å². The lowest BCUT2D eigenvalue weighted by atomic mass is 10.2. The van der Waals surface area contributed by atoms with Crippen LogP contribution in [0, 0.1) is 12.3 Å². The Labute approximate surface area is 112 Å². The number of benzene rings is 1. The Hall–Kier alpha value is -2.00. The lowest BCUT2D eigenvalue weighted by molar-refractivity contribution is 0.0696. The molecule has 0 bridgehead atoms. The van der Waals surface area contributed by atoms with Gasteiger partial charge in [-0.25, -0.2) is 13.2 Å². The lowest BCUT2D eigenvalue weighted by Gasteiger charge is -2.10. The Balaban J connectivity index is 3.19. The average Bonchev–Trinajstić information content (AvgIpc) is 2.38. The van der Waals surface area contributed by atoms with Crippen LogP contribution >= 0.6 is 0 Å². The maximum absolute atomic E-state index is 12.1. The normalized spacial score (nSPS) is 10.7. The van der Waals surface area contributed by atoms with Crippen molar-refractivity contribution in [3.63, 3.8) is 0 Å². The molecule has 0 heterocycles. The fourth-order valence-corrected chi connectivity index (χ4v) is 3.04. The molecular formula is C13H14O5S. The zero-order valence-electron chi connectivity index (χ0n) is 10.4. The van der Waals surface area contributed by atoms with E-state index < -0.39 is 15.8 Å². The Morgan fingerprint density at radius 2 is 2.16 bits per heavy atom. The number of hydrogen-bond donors (Lipinski definition) is 1. The molecule has 0 radical (unpaired) electrons. The van der Waals surface area contributed by atoms with Crippen molar-refractivity contribution in [2.24, 2.45) is 0 Å². The van der Waals surface area contributed by atoms with E-state index in [1.165, 1.54) is 19.2 Å². The highest BCUT2D eigenvalue weighted by molar-refractivity contribution is 7.91. The molecule has 0 aromatic heterocycles. The summed E-state index contributed by atoms with van der Waals surface area (Å²) in [5, 5.41) is 8.89. The number of unbranched alkanes of at least 4 members (excludes halogenated alkanes) is 1. The van der Waals surface area contributed by atoms with Crippen molar-refractivity contribution in [2.75, 3.05) is 12.9 Å². The number of methoxy groups -OCH3 is 1. The molecule has 0 aliphatic rings. The van der Waals surface area contributed by atoms with Gasteiger partial charge >= 0.3 is 5.97 Å². The molecule has 0 aliphatic carbocycles. The summed E-state index contributed by atoms with van der Waals surface area (Å²) in [5.74, 6) is 1.16. The summed E-state index contributed by atoms with van der Waals surface area (Å²) < 4.78 is 29.2. The summed E-state index contributed by atoms with van der Waals surface area (Å²) in [6.07, 6.45) is 5.74. The van der Waals surface area contributed by atoms with E-state index in [9.17, 15) is 13.2 Å². The summed E-state index contributed by atoms with van der Waals surface area (Å²) in [7, 11) is -2.29. The largest absolute Gasteiger partial charge is 0.495 e. The molecule has 5 nitrogen and oxygen atoms in total. The molecule has 0 amide bonds. The Morgan fingerprint density at radius 3 is 2.68 bits per heavy atom. The highest BCUT2D eigenvalue weighted by atomic mass is 32.2. The predicted molar refractivity (Wildman–Crippen MR) is 70.1 cm³/mol. The van der Waals surface area contributed by atoms with Gasteiger partial charge in [-0.15, -0.1) is 12.3 Å². The molecule has 1 aromatic rings. The zero-order chi connectivity index (χ0) is 14.5. The second kappa shape index (κ2) is 6.25. The van der Waals surface area contributed by atoms with Gasteiger partial charge in [-0.3, -0.25) is 0 Å². The minimum atomic E-state index is -3.62. The first-order valence-corrected chi connectivity index (χ1v) is 7.15. The molecule has 1 N–H and O–H groups in total. The number of ether oxygens (including phenoxy) is 1. The van der Waals surface area contributed by atoms with Crippen LogP contribution in [0.3, 0.4) is 0 Å². The van der Waals surface area contributed by atoms with Gasteiger partial charge in [0.05, 0.1) is 18.4 Å². The Kier molecular flexibility index (Phi) is 4.95. The standard InChI is InChI=1S/C13H14O5S/c1-3-4-5-8-19(16,17)12-9-10(13(14)15)6-7-11(12)18-2/h1,6-7,9H,4-5,8H2,2H3,(H,14,15). The number of terminal acetylenes is 1. The smallest absolute Gasteiger partial charge is 0.335 e. The highest BCUT2D eigenvalue weighted by Crippen LogP contribution is 2.26. The van der Waals surface area contributed by atoms with Gasteiger partial charge in [0, 0.05) is 6.42 Å². The van der Waals surface area contributed by atoms with E-state index in [-0.39, 0.29) is 22.0 Å². The van der Waals surface area contributed by atoms with E-state index in [4.69, 9.17) is 16.3 Å². The van der Waals surface area contributed by atoms with E-state index in [1.807, 2.05) is 0 Å². The van der Waals surface area contributed by atoms with Gasteiger partial charge in [0.2, 0.25) is 0 Å². The van der Waals surface area contributed by atoms with E-state index in [2.05, 4.69) is 5.92 Å². The van der Waals surface area contributed by atoms with Crippen molar-refractivity contribution in [1.29, 1.82) is 0 Å². The fraction of sp³-hybridized carbons (Fsp3) is 0.308. The van der Waals surface area contributed by atoms with Crippen LogP contribution < -0.4 is 4.74 Å². The first-order valence-electron chi connectivity index (χ1n) is 5.50. The minimum Gasteiger partial charge on any atom is -0.495 e. The van der Waals surface area contributed by atoms with E-state index >= 15 is 0 Å². The molecule has 1 aromatic carbocycles. The first-order chi connectivity index (χ1) is 8.92. The van der Waals surface area contributed by atoms with Crippen molar-refractivity contribution in [3.8, 4) is 18.1 Å². The molecule has 6 heteroatoms. The summed E-state index contributed by atoms with van der Waals surface area (Å²) >= 11 is 0. The summed E-state index contributed by atoms with van der Waals surface area (Å²) in [6.45, 7) is 0. The topological polar surface area (TPSA) is 80.7 Å². The van der Waals surface area contributed by atoms with Crippen LogP contribution in [0.4, 0.5) is 0 Å².